The Morgan fingerprint density at radius 1 is 1.12 bits per heavy atom. The van der Waals surface area contributed by atoms with Crippen LogP contribution in [-0.2, 0) is 4.79 Å². The van der Waals surface area contributed by atoms with E-state index in [0.29, 0.717) is 31.5 Å². The van der Waals surface area contributed by atoms with Gasteiger partial charge in [-0.05, 0) is 24.8 Å². The van der Waals surface area contributed by atoms with Crippen molar-refractivity contribution in [2.24, 2.45) is 5.41 Å². The summed E-state index contributed by atoms with van der Waals surface area (Å²) in [5, 5.41) is 17.9. The smallest absolute Gasteiger partial charge is 0.292 e. The van der Waals surface area contributed by atoms with Gasteiger partial charge in [-0.3, -0.25) is 9.59 Å². The summed E-state index contributed by atoms with van der Waals surface area (Å²) in [7, 11) is 0. The lowest BCUT2D eigenvalue weighted by atomic mass is 9.70. The van der Waals surface area contributed by atoms with Crippen LogP contribution >= 0.6 is 0 Å². The quantitative estimate of drug-likeness (QED) is 0.664. The summed E-state index contributed by atoms with van der Waals surface area (Å²) < 4.78 is 5.34. The minimum atomic E-state index is -0.805. The first kappa shape index (κ1) is 20.5. The first-order valence-electron chi connectivity index (χ1n) is 10.9. The fraction of sp³-hybridized carbons (Fsp3) is 0.320. The molecule has 7 nitrogen and oxygen atoms in total. The molecule has 0 unspecified atom stereocenters. The molecular formula is C25H25N3O4. The fourth-order valence-corrected chi connectivity index (χ4v) is 4.90. The van der Waals surface area contributed by atoms with E-state index in [0.717, 1.165) is 11.1 Å². The van der Waals surface area contributed by atoms with Crippen LogP contribution in [-0.4, -0.2) is 46.2 Å². The summed E-state index contributed by atoms with van der Waals surface area (Å²) in [5.74, 6) is -0.247. The molecule has 2 fully saturated rings. The lowest BCUT2D eigenvalue weighted by molar-refractivity contribution is -0.144. The van der Waals surface area contributed by atoms with Crippen molar-refractivity contribution >= 4 is 11.8 Å². The Balaban J connectivity index is 1.33. The van der Waals surface area contributed by atoms with Crippen molar-refractivity contribution < 1.29 is 19.2 Å². The summed E-state index contributed by atoms with van der Waals surface area (Å²) in [6.45, 7) is 0.783. The van der Waals surface area contributed by atoms with E-state index >= 15 is 0 Å². The number of hydrogen-bond donors (Lipinski definition) is 2. The number of rotatable bonds is 3. The van der Waals surface area contributed by atoms with Gasteiger partial charge in [-0.25, -0.2) is 0 Å². The van der Waals surface area contributed by atoms with Crippen LogP contribution in [0.2, 0.25) is 0 Å². The maximum atomic E-state index is 13.2. The van der Waals surface area contributed by atoms with Gasteiger partial charge in [0, 0.05) is 24.7 Å². The number of carbonyl (C=O) groups excluding carboxylic acids is 2. The highest BCUT2D eigenvalue weighted by atomic mass is 16.5. The van der Waals surface area contributed by atoms with Gasteiger partial charge in [0.2, 0.25) is 11.7 Å². The monoisotopic (exact) mass is 431 g/mol. The van der Waals surface area contributed by atoms with E-state index in [1.54, 1.807) is 11.0 Å². The third kappa shape index (κ3) is 3.69. The highest BCUT2D eigenvalue weighted by Gasteiger charge is 2.50. The highest BCUT2D eigenvalue weighted by Crippen LogP contribution is 2.41. The van der Waals surface area contributed by atoms with Gasteiger partial charge in [-0.2, -0.15) is 0 Å². The van der Waals surface area contributed by atoms with Crippen molar-refractivity contribution in [2.75, 3.05) is 13.1 Å². The Labute approximate surface area is 186 Å². The van der Waals surface area contributed by atoms with E-state index in [9.17, 15) is 14.7 Å². The normalized spacial score (nSPS) is 25.5. The van der Waals surface area contributed by atoms with Gasteiger partial charge in [0.05, 0.1) is 17.6 Å². The molecule has 2 N–H and O–H groups in total. The molecule has 2 aliphatic heterocycles. The average Bonchev–Trinajstić information content (AvgIpc) is 3.33. The molecule has 7 heteroatoms. The number of aliphatic hydroxyl groups excluding tert-OH is 1. The zero-order valence-electron chi connectivity index (χ0n) is 17.6. The SMILES string of the molecule is O=C(c1cc(-c2ccccc2)no1)N1CCC[C@]2(C[C@@H](O)[C@H](c3ccccc3)NC2=O)C1. The molecule has 1 aromatic heterocycles. The second kappa shape index (κ2) is 8.24. The summed E-state index contributed by atoms with van der Waals surface area (Å²) in [6, 6.07) is 20.2. The largest absolute Gasteiger partial charge is 0.391 e. The number of benzene rings is 2. The Morgan fingerprint density at radius 3 is 2.59 bits per heavy atom. The molecule has 32 heavy (non-hydrogen) atoms. The summed E-state index contributed by atoms with van der Waals surface area (Å²) >= 11 is 0. The van der Waals surface area contributed by atoms with E-state index in [1.165, 1.54) is 0 Å². The van der Waals surface area contributed by atoms with Crippen molar-refractivity contribution in [3.63, 3.8) is 0 Å². The van der Waals surface area contributed by atoms with Crippen LogP contribution in [0.4, 0.5) is 0 Å². The van der Waals surface area contributed by atoms with E-state index in [4.69, 9.17) is 4.52 Å². The Kier molecular flexibility index (Phi) is 5.27. The van der Waals surface area contributed by atoms with E-state index in [1.807, 2.05) is 60.7 Å². The first-order chi connectivity index (χ1) is 15.6. The van der Waals surface area contributed by atoms with E-state index < -0.39 is 17.6 Å². The molecule has 3 atom stereocenters. The predicted molar refractivity (Wildman–Crippen MR) is 117 cm³/mol. The molecule has 1 spiro atoms. The molecule has 5 rings (SSSR count). The van der Waals surface area contributed by atoms with Crippen molar-refractivity contribution in [3.05, 3.63) is 78.1 Å². The van der Waals surface area contributed by atoms with Crippen LogP contribution in [0.5, 0.6) is 0 Å². The Hall–Kier alpha value is -3.45. The molecule has 2 aliphatic rings. The molecule has 2 saturated heterocycles. The van der Waals surface area contributed by atoms with E-state index in [-0.39, 0.29) is 24.1 Å². The second-order valence-corrected chi connectivity index (χ2v) is 8.69. The minimum Gasteiger partial charge on any atom is -0.391 e. The zero-order valence-corrected chi connectivity index (χ0v) is 17.6. The summed E-state index contributed by atoms with van der Waals surface area (Å²) in [4.78, 5) is 28.0. The average molecular weight is 431 g/mol. The highest BCUT2D eigenvalue weighted by molar-refractivity contribution is 5.93. The zero-order chi connectivity index (χ0) is 22.1. The van der Waals surface area contributed by atoms with E-state index in [2.05, 4.69) is 10.5 Å². The molecule has 0 aliphatic carbocycles. The van der Waals surface area contributed by atoms with Crippen molar-refractivity contribution in [3.8, 4) is 11.3 Å². The number of aromatic nitrogens is 1. The van der Waals surface area contributed by atoms with Crippen LogP contribution < -0.4 is 5.32 Å². The topological polar surface area (TPSA) is 95.7 Å². The lowest BCUT2D eigenvalue weighted by Gasteiger charge is -2.47. The fourth-order valence-electron chi connectivity index (χ4n) is 4.90. The number of nitrogens with zero attached hydrogens (tertiary/aromatic N) is 2. The molecule has 0 radical (unpaired) electrons. The van der Waals surface area contributed by atoms with Gasteiger partial charge in [-0.15, -0.1) is 0 Å². The predicted octanol–water partition coefficient (Wildman–Crippen LogP) is 3.19. The van der Waals surface area contributed by atoms with Crippen LogP contribution in [0.25, 0.3) is 11.3 Å². The number of hydrogen-bond acceptors (Lipinski definition) is 5. The Morgan fingerprint density at radius 2 is 1.84 bits per heavy atom. The molecule has 0 saturated carbocycles. The van der Waals surface area contributed by atoms with Gasteiger partial charge in [-0.1, -0.05) is 65.8 Å². The van der Waals surface area contributed by atoms with Crippen LogP contribution in [0, 0.1) is 5.41 Å². The number of aliphatic hydroxyl groups is 1. The van der Waals surface area contributed by atoms with Gasteiger partial charge >= 0.3 is 0 Å². The minimum absolute atomic E-state index is 0.114. The molecule has 164 valence electrons. The number of amides is 2. The summed E-state index contributed by atoms with van der Waals surface area (Å²) in [6.07, 6.45) is 0.905. The first-order valence-corrected chi connectivity index (χ1v) is 10.9. The molecular weight excluding hydrogens is 406 g/mol. The third-order valence-corrected chi connectivity index (χ3v) is 6.57. The van der Waals surface area contributed by atoms with Crippen LogP contribution in [0.15, 0.2) is 71.3 Å². The molecule has 3 heterocycles. The number of nitrogens with one attached hydrogen (secondary N) is 1. The standard InChI is InChI=1S/C25H25N3O4/c29-20-15-25(24(31)26-22(20)18-10-5-2-6-11-18)12-7-13-28(16-25)23(30)21-14-19(27-32-21)17-8-3-1-4-9-17/h1-6,8-11,14,20,22,29H,7,12-13,15-16H2,(H,26,31)/t20-,22+,25+/m1/s1. The molecule has 3 aromatic rings. The van der Waals surface area contributed by atoms with Gasteiger partial charge in [0.1, 0.15) is 5.69 Å². The maximum Gasteiger partial charge on any atom is 0.292 e. The van der Waals surface area contributed by atoms with Gasteiger partial charge in [0.25, 0.3) is 5.91 Å². The van der Waals surface area contributed by atoms with Crippen molar-refractivity contribution in [1.82, 2.24) is 15.4 Å². The maximum absolute atomic E-state index is 13.2. The molecule has 2 aromatic carbocycles. The second-order valence-electron chi connectivity index (χ2n) is 8.69. The van der Waals surface area contributed by atoms with Crippen molar-refractivity contribution in [1.29, 1.82) is 0 Å². The number of piperidine rings is 2. The van der Waals surface area contributed by atoms with Crippen molar-refractivity contribution in [2.45, 2.75) is 31.4 Å². The molecule has 0 bridgehead atoms. The number of carbonyl (C=O) groups is 2. The van der Waals surface area contributed by atoms with Gasteiger partial charge in [0.15, 0.2) is 0 Å². The summed E-state index contributed by atoms with van der Waals surface area (Å²) in [5.41, 5.74) is 1.53. The lowest BCUT2D eigenvalue weighted by Crippen LogP contribution is -2.60. The third-order valence-electron chi connectivity index (χ3n) is 6.57. The number of likely N-dealkylation sites (tertiary alicyclic amines) is 1. The van der Waals surface area contributed by atoms with Gasteiger partial charge < -0.3 is 19.8 Å². The van der Waals surface area contributed by atoms with Crippen LogP contribution in [0.1, 0.15) is 41.4 Å². The Bertz CT molecular complexity index is 1110. The van der Waals surface area contributed by atoms with Crippen LogP contribution in [0.3, 0.4) is 0 Å². The molecule has 2 amide bonds.